The number of nitrogens with zero attached hydrogens (tertiary/aromatic N) is 2. The lowest BCUT2D eigenvalue weighted by molar-refractivity contribution is -0.160. The molecule has 0 aliphatic carbocycles. The zero-order valence-corrected chi connectivity index (χ0v) is 25.9. The minimum atomic E-state index is -1.31. The molecule has 1 atom stereocenters. The number of benzene rings is 2. The molecule has 3 aromatic rings. The second-order valence-corrected chi connectivity index (χ2v) is 12.9. The van der Waals surface area contributed by atoms with Crippen molar-refractivity contribution in [2.75, 3.05) is 24.6 Å². The molecule has 9 heteroatoms. The van der Waals surface area contributed by atoms with Gasteiger partial charge >= 0.3 is 5.97 Å². The van der Waals surface area contributed by atoms with Crippen molar-refractivity contribution in [2.45, 2.75) is 72.5 Å². The van der Waals surface area contributed by atoms with Gasteiger partial charge in [-0.3, -0.25) is 4.79 Å². The van der Waals surface area contributed by atoms with Gasteiger partial charge in [-0.1, -0.05) is 38.1 Å². The minimum absolute atomic E-state index is 0.0750. The molecule has 0 bridgehead atoms. The molecule has 43 heavy (non-hydrogen) atoms. The number of ether oxygens (including phenoxy) is 2. The Hall–Kier alpha value is -3.98. The number of aliphatic carboxylic acids is 1. The van der Waals surface area contributed by atoms with Gasteiger partial charge in [0.15, 0.2) is 6.10 Å². The van der Waals surface area contributed by atoms with E-state index in [0.29, 0.717) is 59.9 Å². The molecule has 1 unspecified atom stereocenters. The Bertz CT molecular complexity index is 1450. The summed E-state index contributed by atoms with van der Waals surface area (Å²) >= 11 is 0. The molecule has 230 valence electrons. The summed E-state index contributed by atoms with van der Waals surface area (Å²) in [4.78, 5) is 32.3. The number of carboxylic acids is 1. The van der Waals surface area contributed by atoms with Gasteiger partial charge in [0.05, 0.1) is 17.9 Å². The van der Waals surface area contributed by atoms with E-state index in [2.05, 4.69) is 23.7 Å². The number of anilines is 1. The molecule has 1 saturated heterocycles. The number of amides is 1. The molecule has 8 nitrogen and oxygen atoms in total. The predicted octanol–water partition coefficient (Wildman–Crippen LogP) is 6.48. The molecule has 2 aromatic carbocycles. The molecule has 3 N–H and O–H groups in total. The molecular weight excluding hydrogens is 549 g/mol. The highest BCUT2D eigenvalue weighted by Gasteiger charge is 2.37. The number of primary amides is 1. The third-order valence-corrected chi connectivity index (χ3v) is 7.74. The van der Waals surface area contributed by atoms with Crippen molar-refractivity contribution in [3.8, 4) is 16.9 Å². The van der Waals surface area contributed by atoms with Gasteiger partial charge in [0.25, 0.3) is 5.91 Å². The Labute approximate surface area is 253 Å². The van der Waals surface area contributed by atoms with Crippen molar-refractivity contribution in [3.63, 3.8) is 0 Å². The topological polar surface area (TPSA) is 115 Å². The maximum atomic E-state index is 13.2. The summed E-state index contributed by atoms with van der Waals surface area (Å²) < 4.78 is 25.3. The molecule has 2 heterocycles. The number of aromatic nitrogens is 1. The lowest BCUT2D eigenvalue weighted by Crippen LogP contribution is -2.39. The number of piperidine rings is 1. The van der Waals surface area contributed by atoms with E-state index < -0.39 is 23.6 Å². The van der Waals surface area contributed by atoms with E-state index in [1.165, 1.54) is 12.1 Å². The first-order chi connectivity index (χ1) is 20.1. The Balaban J connectivity index is 1.79. The normalized spacial score (nSPS) is 15.7. The highest BCUT2D eigenvalue weighted by molar-refractivity contribution is 6.03. The van der Waals surface area contributed by atoms with E-state index in [0.717, 1.165) is 18.4 Å². The summed E-state index contributed by atoms with van der Waals surface area (Å²) in [7, 11) is 0. The van der Waals surface area contributed by atoms with Gasteiger partial charge in [0, 0.05) is 36.3 Å². The lowest BCUT2D eigenvalue weighted by Gasteiger charge is -2.41. The van der Waals surface area contributed by atoms with Crippen LogP contribution in [-0.2, 0) is 16.0 Å². The average Bonchev–Trinajstić information content (AvgIpc) is 2.92. The second kappa shape index (κ2) is 12.7. The number of carboxylic acid groups (broad SMARTS) is 1. The van der Waals surface area contributed by atoms with Crippen LogP contribution in [0.4, 0.5) is 10.1 Å². The molecule has 0 saturated carbocycles. The van der Waals surface area contributed by atoms with E-state index in [9.17, 15) is 19.1 Å². The van der Waals surface area contributed by atoms with Crippen molar-refractivity contribution in [3.05, 3.63) is 76.9 Å². The predicted molar refractivity (Wildman–Crippen MR) is 165 cm³/mol. The number of carbonyl (C=O) groups excluding carboxylic acids is 1. The summed E-state index contributed by atoms with van der Waals surface area (Å²) in [5.41, 5.74) is 8.86. The molecule has 0 radical (unpaired) electrons. The van der Waals surface area contributed by atoms with Gasteiger partial charge in [-0.2, -0.15) is 0 Å². The summed E-state index contributed by atoms with van der Waals surface area (Å²) in [6.45, 7) is 13.3. The number of pyridine rings is 1. The number of halogens is 1. The van der Waals surface area contributed by atoms with Gasteiger partial charge in [0.2, 0.25) is 0 Å². The third-order valence-electron chi connectivity index (χ3n) is 7.74. The van der Waals surface area contributed by atoms with Gasteiger partial charge in [-0.25, -0.2) is 14.2 Å². The van der Waals surface area contributed by atoms with Crippen molar-refractivity contribution in [2.24, 2.45) is 11.1 Å². The fraction of sp³-hybridized carbons (Fsp3) is 0.441. The van der Waals surface area contributed by atoms with Crippen molar-refractivity contribution in [1.82, 2.24) is 4.98 Å². The third kappa shape index (κ3) is 7.90. The number of aryl methyl sites for hydroxylation is 1. The zero-order chi connectivity index (χ0) is 31.5. The molecule has 1 amide bonds. The summed E-state index contributed by atoms with van der Waals surface area (Å²) in [6.07, 6.45) is 1.07. The van der Waals surface area contributed by atoms with E-state index in [4.69, 9.17) is 15.2 Å². The second-order valence-electron chi connectivity index (χ2n) is 12.9. The highest BCUT2D eigenvalue weighted by atomic mass is 19.1. The molecule has 1 fully saturated rings. The first-order valence-electron chi connectivity index (χ1n) is 14.6. The van der Waals surface area contributed by atoms with Crippen LogP contribution < -0.4 is 15.4 Å². The van der Waals surface area contributed by atoms with Crippen LogP contribution in [0.3, 0.4) is 0 Å². The smallest absolute Gasteiger partial charge is 0.337 e. The van der Waals surface area contributed by atoms with Crippen molar-refractivity contribution < 1.29 is 28.6 Å². The first-order valence-corrected chi connectivity index (χ1v) is 14.6. The molecule has 1 aromatic heterocycles. The van der Waals surface area contributed by atoms with Gasteiger partial charge < -0.3 is 25.2 Å². The average molecular weight is 592 g/mol. The highest BCUT2D eigenvalue weighted by Crippen LogP contribution is 2.45. The lowest BCUT2D eigenvalue weighted by atomic mass is 9.81. The van der Waals surface area contributed by atoms with E-state index in [1.54, 1.807) is 31.2 Å². The van der Waals surface area contributed by atoms with Crippen LogP contribution in [0.25, 0.3) is 11.1 Å². The fourth-order valence-corrected chi connectivity index (χ4v) is 5.37. The quantitative estimate of drug-likeness (QED) is 0.277. The van der Waals surface area contributed by atoms with Crippen LogP contribution >= 0.6 is 0 Å². The van der Waals surface area contributed by atoms with Crippen LogP contribution in [0.1, 0.15) is 80.9 Å². The molecule has 1 aliphatic rings. The number of nitrogens with two attached hydrogens (primary N) is 1. The Kier molecular flexibility index (Phi) is 9.44. The van der Waals surface area contributed by atoms with E-state index >= 15 is 0 Å². The van der Waals surface area contributed by atoms with E-state index in [-0.39, 0.29) is 16.9 Å². The molecule has 0 spiro atoms. The number of rotatable bonds is 10. The summed E-state index contributed by atoms with van der Waals surface area (Å²) in [5.74, 6) is -1.50. The Morgan fingerprint density at radius 3 is 2.21 bits per heavy atom. The first kappa shape index (κ1) is 31.9. The summed E-state index contributed by atoms with van der Waals surface area (Å²) in [6, 6.07) is 13.6. The standard InChI is InChI=1S/C34H42FN3O5/c1-21-26(30(32(40)41)43-33(2,3)4)29(38-18-16-34(5,6)17-19-38)27(28(37-21)31(36)39)23-9-13-25(14-10-23)42-20-15-22-7-11-24(35)12-8-22/h7-14,30H,15-20H2,1-6H3,(H2,36,39)(H,40,41). The molecule has 1 aliphatic heterocycles. The number of hydrogen-bond acceptors (Lipinski definition) is 6. The molecule has 4 rings (SSSR count). The minimum Gasteiger partial charge on any atom is -0.493 e. The van der Waals surface area contributed by atoms with Crippen LogP contribution in [-0.4, -0.2) is 47.3 Å². The van der Waals surface area contributed by atoms with Gasteiger partial charge in [0.1, 0.15) is 17.3 Å². The largest absolute Gasteiger partial charge is 0.493 e. The Morgan fingerprint density at radius 2 is 1.67 bits per heavy atom. The van der Waals surface area contributed by atoms with Crippen LogP contribution in [0, 0.1) is 18.2 Å². The van der Waals surface area contributed by atoms with Crippen LogP contribution in [0.5, 0.6) is 5.75 Å². The maximum absolute atomic E-state index is 13.2. The fourth-order valence-electron chi connectivity index (χ4n) is 5.37. The molecular formula is C34H42FN3O5. The van der Waals surface area contributed by atoms with Gasteiger partial charge in [-0.15, -0.1) is 0 Å². The van der Waals surface area contributed by atoms with Crippen molar-refractivity contribution >= 4 is 17.6 Å². The monoisotopic (exact) mass is 591 g/mol. The zero-order valence-electron chi connectivity index (χ0n) is 25.9. The number of carbonyl (C=O) groups is 2. The van der Waals surface area contributed by atoms with Crippen molar-refractivity contribution in [1.29, 1.82) is 0 Å². The SMILES string of the molecule is Cc1nc(C(N)=O)c(-c2ccc(OCCc3ccc(F)cc3)cc2)c(N2CCC(C)(C)CC2)c1C(OC(C)(C)C)C(=O)O. The van der Waals surface area contributed by atoms with Gasteiger partial charge in [-0.05, 0) is 81.3 Å². The van der Waals surface area contributed by atoms with Crippen LogP contribution in [0.15, 0.2) is 48.5 Å². The number of hydrogen-bond donors (Lipinski definition) is 2. The van der Waals surface area contributed by atoms with E-state index in [1.807, 2.05) is 32.9 Å². The maximum Gasteiger partial charge on any atom is 0.337 e. The van der Waals surface area contributed by atoms with Crippen LogP contribution in [0.2, 0.25) is 0 Å². The Morgan fingerprint density at radius 1 is 1.07 bits per heavy atom. The summed E-state index contributed by atoms with van der Waals surface area (Å²) in [5, 5.41) is 10.4.